The molecule has 1 aromatic carbocycles. The summed E-state index contributed by atoms with van der Waals surface area (Å²) in [6.45, 7) is 3.46. The number of rotatable bonds is 11. The van der Waals surface area contributed by atoms with Crippen molar-refractivity contribution in [3.63, 3.8) is 0 Å². The van der Waals surface area contributed by atoms with Crippen molar-refractivity contribution in [3.05, 3.63) is 29.6 Å². The average molecular weight is 315 g/mol. The first-order valence-electron chi connectivity index (χ1n) is 7.34. The molecular weight excluding hydrogens is 289 g/mol. The van der Waals surface area contributed by atoms with Crippen molar-refractivity contribution in [2.75, 3.05) is 54.2 Å². The molecule has 6 heteroatoms. The highest BCUT2D eigenvalue weighted by Crippen LogP contribution is 2.23. The molecule has 126 valence electrons. The van der Waals surface area contributed by atoms with Crippen molar-refractivity contribution in [2.45, 2.75) is 12.5 Å². The molecule has 0 aliphatic rings. The van der Waals surface area contributed by atoms with Gasteiger partial charge in [-0.05, 0) is 24.1 Å². The number of nitrogens with zero attached hydrogens (tertiary/aromatic N) is 1. The number of hydrogen-bond acceptors (Lipinski definition) is 5. The molecule has 0 amide bonds. The molecule has 1 N–H and O–H groups in total. The van der Waals surface area contributed by atoms with E-state index in [1.165, 1.54) is 19.2 Å². The summed E-state index contributed by atoms with van der Waals surface area (Å²) in [4.78, 5) is 2.15. The second-order valence-corrected chi connectivity index (χ2v) is 5.03. The molecule has 0 aromatic heterocycles. The van der Waals surface area contributed by atoms with E-state index in [9.17, 15) is 9.50 Å². The molecule has 1 aromatic rings. The summed E-state index contributed by atoms with van der Waals surface area (Å²) in [5, 5.41) is 10.2. The highest BCUT2D eigenvalue weighted by atomic mass is 19.1. The third kappa shape index (κ3) is 6.27. The van der Waals surface area contributed by atoms with Crippen LogP contribution in [0.4, 0.5) is 4.39 Å². The molecule has 0 radical (unpaired) electrons. The lowest BCUT2D eigenvalue weighted by Gasteiger charge is -2.23. The first-order chi connectivity index (χ1) is 10.6. The lowest BCUT2D eigenvalue weighted by atomic mass is 10.1. The molecule has 0 spiro atoms. The Hall–Kier alpha value is -1.21. The van der Waals surface area contributed by atoms with Crippen LogP contribution < -0.4 is 4.74 Å². The molecule has 0 saturated carbocycles. The summed E-state index contributed by atoms with van der Waals surface area (Å²) in [6.07, 6.45) is -0.202. The molecule has 0 saturated heterocycles. The highest BCUT2D eigenvalue weighted by Gasteiger charge is 2.13. The minimum absolute atomic E-state index is 0.178. The minimum Gasteiger partial charge on any atom is -0.494 e. The Morgan fingerprint density at radius 1 is 1.09 bits per heavy atom. The Labute approximate surface area is 131 Å². The van der Waals surface area contributed by atoms with Gasteiger partial charge in [-0.3, -0.25) is 4.90 Å². The van der Waals surface area contributed by atoms with E-state index in [0.29, 0.717) is 31.7 Å². The Morgan fingerprint density at radius 3 is 2.23 bits per heavy atom. The number of ether oxygens (including phenoxy) is 3. The summed E-state index contributed by atoms with van der Waals surface area (Å²) in [5.41, 5.74) is 0.553. The first-order valence-corrected chi connectivity index (χ1v) is 7.34. The number of methoxy groups -OCH3 is 3. The number of benzene rings is 1. The van der Waals surface area contributed by atoms with Crippen LogP contribution in [0, 0.1) is 5.82 Å². The van der Waals surface area contributed by atoms with Gasteiger partial charge >= 0.3 is 0 Å². The van der Waals surface area contributed by atoms with Crippen LogP contribution in [0.25, 0.3) is 0 Å². The number of aliphatic hydroxyl groups is 1. The summed E-state index contributed by atoms with van der Waals surface area (Å²) >= 11 is 0. The van der Waals surface area contributed by atoms with Gasteiger partial charge in [-0.25, -0.2) is 4.39 Å². The van der Waals surface area contributed by atoms with Crippen LogP contribution in [0.2, 0.25) is 0 Å². The van der Waals surface area contributed by atoms with E-state index in [2.05, 4.69) is 4.90 Å². The quantitative estimate of drug-likeness (QED) is 0.675. The monoisotopic (exact) mass is 315 g/mol. The van der Waals surface area contributed by atoms with Crippen molar-refractivity contribution in [2.24, 2.45) is 0 Å². The molecule has 0 aliphatic carbocycles. The fourth-order valence-electron chi connectivity index (χ4n) is 2.14. The maximum Gasteiger partial charge on any atom is 0.165 e. The van der Waals surface area contributed by atoms with Gasteiger partial charge in [0.15, 0.2) is 11.6 Å². The van der Waals surface area contributed by atoms with E-state index in [-0.39, 0.29) is 5.75 Å². The molecule has 0 bridgehead atoms. The molecule has 5 nitrogen and oxygen atoms in total. The van der Waals surface area contributed by atoms with E-state index in [1.54, 1.807) is 20.3 Å². The van der Waals surface area contributed by atoms with Crippen molar-refractivity contribution >= 4 is 0 Å². The standard InChI is InChI=1S/C16H26FNO4/c1-20-10-8-18(9-11-21-2)7-6-15(19)13-4-5-16(22-3)14(17)12-13/h4-5,12,15,19H,6-11H2,1-3H3. The van der Waals surface area contributed by atoms with Gasteiger partial charge in [0.25, 0.3) is 0 Å². The Balaban J connectivity index is 2.54. The van der Waals surface area contributed by atoms with E-state index < -0.39 is 11.9 Å². The minimum atomic E-state index is -0.715. The molecule has 1 atom stereocenters. The molecule has 1 unspecified atom stereocenters. The maximum absolute atomic E-state index is 13.7. The van der Waals surface area contributed by atoms with E-state index in [4.69, 9.17) is 14.2 Å². The zero-order valence-electron chi connectivity index (χ0n) is 13.5. The van der Waals surface area contributed by atoms with Gasteiger partial charge in [0, 0.05) is 33.9 Å². The van der Waals surface area contributed by atoms with Crippen LogP contribution >= 0.6 is 0 Å². The number of hydrogen-bond donors (Lipinski definition) is 1. The predicted molar refractivity (Wildman–Crippen MR) is 82.7 cm³/mol. The van der Waals surface area contributed by atoms with Crippen molar-refractivity contribution in [1.29, 1.82) is 0 Å². The topological polar surface area (TPSA) is 51.2 Å². The lowest BCUT2D eigenvalue weighted by Crippen LogP contribution is -2.32. The van der Waals surface area contributed by atoms with Gasteiger partial charge in [-0.2, -0.15) is 0 Å². The van der Waals surface area contributed by atoms with Crippen LogP contribution in [0.1, 0.15) is 18.1 Å². The van der Waals surface area contributed by atoms with Crippen LogP contribution in [0.15, 0.2) is 18.2 Å². The van der Waals surface area contributed by atoms with Gasteiger partial charge in [0.1, 0.15) is 0 Å². The first kappa shape index (κ1) is 18.8. The average Bonchev–Trinajstić information content (AvgIpc) is 2.53. The van der Waals surface area contributed by atoms with Crippen molar-refractivity contribution in [3.8, 4) is 5.75 Å². The SMILES string of the molecule is COCCN(CCOC)CCC(O)c1ccc(OC)c(F)c1. The van der Waals surface area contributed by atoms with E-state index in [1.807, 2.05) is 0 Å². The fraction of sp³-hybridized carbons (Fsp3) is 0.625. The largest absolute Gasteiger partial charge is 0.494 e. The third-order valence-electron chi connectivity index (χ3n) is 3.50. The van der Waals surface area contributed by atoms with Gasteiger partial charge < -0.3 is 19.3 Å². The van der Waals surface area contributed by atoms with Gasteiger partial charge in [0.05, 0.1) is 26.4 Å². The zero-order valence-corrected chi connectivity index (χ0v) is 13.5. The normalized spacial score (nSPS) is 12.6. The van der Waals surface area contributed by atoms with Gasteiger partial charge in [-0.1, -0.05) is 6.07 Å². The van der Waals surface area contributed by atoms with E-state index in [0.717, 1.165) is 13.1 Å². The molecular formula is C16H26FNO4. The van der Waals surface area contributed by atoms with Gasteiger partial charge in [0.2, 0.25) is 0 Å². The van der Waals surface area contributed by atoms with Crippen LogP contribution in [0.5, 0.6) is 5.75 Å². The smallest absolute Gasteiger partial charge is 0.165 e. The Morgan fingerprint density at radius 2 is 1.73 bits per heavy atom. The zero-order chi connectivity index (χ0) is 16.4. The lowest BCUT2D eigenvalue weighted by molar-refractivity contribution is 0.0944. The second kappa shape index (κ2) is 10.5. The number of aliphatic hydroxyl groups excluding tert-OH is 1. The van der Waals surface area contributed by atoms with Gasteiger partial charge in [-0.15, -0.1) is 0 Å². The third-order valence-corrected chi connectivity index (χ3v) is 3.50. The summed E-state index contributed by atoms with van der Waals surface area (Å²) < 4.78 is 28.7. The summed E-state index contributed by atoms with van der Waals surface area (Å²) in [5.74, 6) is -0.285. The van der Waals surface area contributed by atoms with Crippen LogP contribution in [-0.4, -0.2) is 64.2 Å². The molecule has 1 rings (SSSR count). The summed E-state index contributed by atoms with van der Waals surface area (Å²) in [7, 11) is 4.73. The van der Waals surface area contributed by atoms with Crippen molar-refractivity contribution < 1.29 is 23.7 Å². The maximum atomic E-state index is 13.7. The Kier molecular flexibility index (Phi) is 9.00. The van der Waals surface area contributed by atoms with E-state index >= 15 is 0 Å². The second-order valence-electron chi connectivity index (χ2n) is 5.03. The molecule has 0 aliphatic heterocycles. The summed E-state index contributed by atoms with van der Waals surface area (Å²) in [6, 6.07) is 4.53. The number of halogens is 1. The molecule has 0 heterocycles. The highest BCUT2D eigenvalue weighted by molar-refractivity contribution is 5.30. The van der Waals surface area contributed by atoms with Crippen molar-refractivity contribution in [1.82, 2.24) is 4.90 Å². The Bertz CT molecular complexity index is 423. The van der Waals surface area contributed by atoms with Crippen LogP contribution in [0.3, 0.4) is 0 Å². The van der Waals surface area contributed by atoms with Crippen LogP contribution in [-0.2, 0) is 9.47 Å². The molecule has 22 heavy (non-hydrogen) atoms. The molecule has 0 fully saturated rings. The fourth-order valence-corrected chi connectivity index (χ4v) is 2.14. The predicted octanol–water partition coefficient (Wildman–Crippen LogP) is 1.85.